The van der Waals surface area contributed by atoms with Gasteiger partial charge >= 0.3 is 0 Å². The van der Waals surface area contributed by atoms with Crippen molar-refractivity contribution in [2.75, 3.05) is 24.2 Å². The number of aromatic nitrogens is 1. The van der Waals surface area contributed by atoms with Crippen molar-refractivity contribution in [1.82, 2.24) is 9.29 Å². The Labute approximate surface area is 168 Å². The molecule has 6 nitrogen and oxygen atoms in total. The van der Waals surface area contributed by atoms with Crippen molar-refractivity contribution in [3.8, 4) is 0 Å². The molecule has 0 unspecified atom stereocenters. The van der Waals surface area contributed by atoms with Gasteiger partial charge in [-0.3, -0.25) is 4.79 Å². The summed E-state index contributed by atoms with van der Waals surface area (Å²) in [6.07, 6.45) is 4.10. The van der Waals surface area contributed by atoms with E-state index >= 15 is 0 Å². The van der Waals surface area contributed by atoms with Gasteiger partial charge in [-0.25, -0.2) is 22.1 Å². The quantitative estimate of drug-likeness (QED) is 0.738. The van der Waals surface area contributed by atoms with Crippen molar-refractivity contribution in [2.24, 2.45) is 5.92 Å². The molecular formula is C19H24FN3O3S2. The van der Waals surface area contributed by atoms with Crippen LogP contribution in [-0.4, -0.2) is 42.5 Å². The Bertz CT molecular complexity index is 930. The lowest BCUT2D eigenvalue weighted by atomic mass is 9.99. The van der Waals surface area contributed by atoms with Gasteiger partial charge in [-0.15, -0.1) is 11.3 Å². The molecule has 2 heterocycles. The molecule has 1 N–H and O–H groups in total. The molecule has 0 saturated carbocycles. The summed E-state index contributed by atoms with van der Waals surface area (Å²) in [5.74, 6) is -0.758. The van der Waals surface area contributed by atoms with Gasteiger partial charge in [0, 0.05) is 30.6 Å². The normalized spacial score (nSPS) is 18.1. The SMILES string of the molecule is CCCS(=O)(=O)N1CCC[C@H](C(=O)Nc2ncc(Cc3cccc(F)c3)s2)C1. The molecule has 1 aromatic carbocycles. The summed E-state index contributed by atoms with van der Waals surface area (Å²) >= 11 is 1.34. The van der Waals surface area contributed by atoms with Gasteiger partial charge in [-0.1, -0.05) is 19.1 Å². The summed E-state index contributed by atoms with van der Waals surface area (Å²) in [6, 6.07) is 6.38. The van der Waals surface area contributed by atoms with Gasteiger partial charge in [0.25, 0.3) is 0 Å². The second-order valence-electron chi connectivity index (χ2n) is 6.94. The Morgan fingerprint density at radius 3 is 3.00 bits per heavy atom. The Kier molecular flexibility index (Phi) is 6.79. The van der Waals surface area contributed by atoms with Crippen LogP contribution in [0.4, 0.5) is 9.52 Å². The average molecular weight is 426 g/mol. The lowest BCUT2D eigenvalue weighted by Gasteiger charge is -2.30. The smallest absolute Gasteiger partial charge is 0.230 e. The van der Waals surface area contributed by atoms with Crippen LogP contribution < -0.4 is 5.32 Å². The molecule has 1 saturated heterocycles. The van der Waals surface area contributed by atoms with Crippen LogP contribution in [0.3, 0.4) is 0 Å². The van der Waals surface area contributed by atoms with Crippen molar-refractivity contribution in [3.63, 3.8) is 0 Å². The third kappa shape index (κ3) is 5.36. The van der Waals surface area contributed by atoms with E-state index < -0.39 is 10.0 Å². The summed E-state index contributed by atoms with van der Waals surface area (Å²) < 4.78 is 39.3. The molecule has 1 aliphatic rings. The average Bonchev–Trinajstić information content (AvgIpc) is 3.08. The predicted molar refractivity (Wildman–Crippen MR) is 108 cm³/mol. The zero-order valence-corrected chi connectivity index (χ0v) is 17.4. The predicted octanol–water partition coefficient (Wildman–Crippen LogP) is 3.26. The van der Waals surface area contributed by atoms with Crippen LogP contribution in [0.1, 0.15) is 36.6 Å². The number of anilines is 1. The number of sulfonamides is 1. The minimum atomic E-state index is -3.30. The summed E-state index contributed by atoms with van der Waals surface area (Å²) in [5.41, 5.74) is 0.838. The molecule has 1 fully saturated rings. The van der Waals surface area contributed by atoms with E-state index in [0.29, 0.717) is 37.4 Å². The minimum absolute atomic E-state index is 0.108. The van der Waals surface area contributed by atoms with E-state index in [1.807, 2.05) is 13.0 Å². The molecule has 0 radical (unpaired) electrons. The third-order valence-electron chi connectivity index (χ3n) is 4.66. The van der Waals surface area contributed by atoms with Gasteiger partial charge < -0.3 is 5.32 Å². The van der Waals surface area contributed by atoms with Gasteiger partial charge in [0.2, 0.25) is 15.9 Å². The number of hydrogen-bond donors (Lipinski definition) is 1. The number of thiazole rings is 1. The highest BCUT2D eigenvalue weighted by molar-refractivity contribution is 7.89. The van der Waals surface area contributed by atoms with Crippen molar-refractivity contribution >= 4 is 32.4 Å². The Morgan fingerprint density at radius 1 is 1.43 bits per heavy atom. The summed E-state index contributed by atoms with van der Waals surface area (Å²) in [7, 11) is -3.30. The number of rotatable bonds is 7. The minimum Gasteiger partial charge on any atom is -0.302 e. The van der Waals surface area contributed by atoms with Crippen molar-refractivity contribution in [2.45, 2.75) is 32.6 Å². The first-order chi connectivity index (χ1) is 13.4. The van der Waals surface area contributed by atoms with E-state index in [0.717, 1.165) is 10.4 Å². The number of carbonyl (C=O) groups excluding carboxylic acids is 1. The lowest BCUT2D eigenvalue weighted by Crippen LogP contribution is -2.44. The third-order valence-corrected chi connectivity index (χ3v) is 7.62. The number of nitrogens with zero attached hydrogens (tertiary/aromatic N) is 2. The van der Waals surface area contributed by atoms with Crippen molar-refractivity contribution in [3.05, 3.63) is 46.7 Å². The number of hydrogen-bond acceptors (Lipinski definition) is 5. The number of benzene rings is 1. The monoisotopic (exact) mass is 425 g/mol. The van der Waals surface area contributed by atoms with Gasteiger partial charge in [0.05, 0.1) is 11.7 Å². The topological polar surface area (TPSA) is 79.4 Å². The van der Waals surface area contributed by atoms with Crippen molar-refractivity contribution < 1.29 is 17.6 Å². The maximum atomic E-state index is 13.3. The molecule has 1 atom stereocenters. The number of halogens is 1. The standard InChI is InChI=1S/C19H24FN3O3S2/c1-2-9-28(25,26)23-8-4-6-15(13-23)18(24)22-19-21-12-17(27-19)11-14-5-3-7-16(20)10-14/h3,5,7,10,12,15H,2,4,6,8-9,11,13H2,1H3,(H,21,22,24)/t15-/m0/s1. The molecule has 0 spiro atoms. The van der Waals surface area contributed by atoms with Crippen LogP contribution in [0.25, 0.3) is 0 Å². The van der Waals surface area contributed by atoms with Gasteiger partial charge in [-0.05, 0) is 37.0 Å². The second-order valence-corrected chi connectivity index (χ2v) is 10.1. The first kappa shape index (κ1) is 20.9. The van der Waals surface area contributed by atoms with E-state index in [-0.39, 0.29) is 29.9 Å². The van der Waals surface area contributed by atoms with Crippen LogP contribution in [-0.2, 0) is 21.2 Å². The molecule has 1 amide bonds. The Hall–Kier alpha value is -1.84. The van der Waals surface area contributed by atoms with E-state index in [9.17, 15) is 17.6 Å². The fourth-order valence-corrected chi connectivity index (χ4v) is 5.74. The van der Waals surface area contributed by atoms with Crippen LogP contribution in [0.15, 0.2) is 30.5 Å². The van der Waals surface area contributed by atoms with E-state index in [2.05, 4.69) is 10.3 Å². The summed E-state index contributed by atoms with van der Waals surface area (Å²) in [5, 5.41) is 3.28. The number of nitrogens with one attached hydrogen (secondary N) is 1. The zero-order chi connectivity index (χ0) is 20.1. The van der Waals surface area contributed by atoms with Gasteiger partial charge in [0.1, 0.15) is 5.82 Å². The Morgan fingerprint density at radius 2 is 2.25 bits per heavy atom. The highest BCUT2D eigenvalue weighted by Crippen LogP contribution is 2.25. The highest BCUT2D eigenvalue weighted by atomic mass is 32.2. The number of amides is 1. The van der Waals surface area contributed by atoms with Gasteiger partial charge in [-0.2, -0.15) is 0 Å². The van der Waals surface area contributed by atoms with E-state index in [1.165, 1.54) is 27.8 Å². The van der Waals surface area contributed by atoms with Crippen LogP contribution in [0, 0.1) is 11.7 Å². The molecule has 28 heavy (non-hydrogen) atoms. The maximum Gasteiger partial charge on any atom is 0.230 e. The highest BCUT2D eigenvalue weighted by Gasteiger charge is 2.32. The second kappa shape index (κ2) is 9.11. The number of carbonyl (C=O) groups is 1. The van der Waals surface area contributed by atoms with Crippen LogP contribution >= 0.6 is 11.3 Å². The Balaban J connectivity index is 1.59. The molecule has 1 aromatic heterocycles. The first-order valence-corrected chi connectivity index (χ1v) is 11.8. The molecule has 2 aromatic rings. The van der Waals surface area contributed by atoms with Crippen LogP contribution in [0.5, 0.6) is 0 Å². The fraction of sp³-hybridized carbons (Fsp3) is 0.474. The molecule has 1 aliphatic heterocycles. The zero-order valence-electron chi connectivity index (χ0n) is 15.7. The van der Waals surface area contributed by atoms with Gasteiger partial charge in [0.15, 0.2) is 5.13 Å². The molecule has 152 valence electrons. The fourth-order valence-electron chi connectivity index (χ4n) is 3.30. The van der Waals surface area contributed by atoms with Crippen LogP contribution in [0.2, 0.25) is 0 Å². The van der Waals surface area contributed by atoms with Crippen molar-refractivity contribution in [1.29, 1.82) is 0 Å². The molecule has 0 aliphatic carbocycles. The maximum absolute atomic E-state index is 13.3. The summed E-state index contributed by atoms with van der Waals surface area (Å²) in [4.78, 5) is 17.7. The molecule has 3 rings (SSSR count). The lowest BCUT2D eigenvalue weighted by molar-refractivity contribution is -0.120. The molecular weight excluding hydrogens is 401 g/mol. The van der Waals surface area contributed by atoms with E-state index in [4.69, 9.17) is 0 Å². The molecule has 9 heteroatoms. The number of piperidine rings is 1. The summed E-state index contributed by atoms with van der Waals surface area (Å²) in [6.45, 7) is 2.52. The largest absolute Gasteiger partial charge is 0.302 e. The molecule has 0 bridgehead atoms. The first-order valence-electron chi connectivity index (χ1n) is 9.35. The van der Waals surface area contributed by atoms with E-state index in [1.54, 1.807) is 12.3 Å².